The molecule has 3 rings (SSSR count). The van der Waals surface area contributed by atoms with Crippen molar-refractivity contribution in [3.8, 4) is 0 Å². The van der Waals surface area contributed by atoms with Gasteiger partial charge in [0.1, 0.15) is 22.3 Å². The average molecular weight is 479 g/mol. The van der Waals surface area contributed by atoms with Crippen LogP contribution in [0.4, 0.5) is 19.7 Å². The molecule has 0 saturated carbocycles. The molecule has 1 saturated heterocycles. The summed E-state index contributed by atoms with van der Waals surface area (Å²) in [6, 6.07) is 3.11. The molecule has 0 radical (unpaired) electrons. The Morgan fingerprint density at radius 2 is 1.93 bits per heavy atom. The number of nitrogens with two attached hydrogens (primary N) is 1. The van der Waals surface area contributed by atoms with E-state index < -0.39 is 33.0 Å². The van der Waals surface area contributed by atoms with Crippen LogP contribution in [0.25, 0.3) is 0 Å². The summed E-state index contributed by atoms with van der Waals surface area (Å²) in [7, 11) is -3.32. The predicted molar refractivity (Wildman–Crippen MR) is 114 cm³/mol. The van der Waals surface area contributed by atoms with E-state index >= 15 is 0 Å². The number of hydrogen-bond donors (Lipinski definition) is 2. The predicted octanol–water partition coefficient (Wildman–Crippen LogP) is 3.07. The topological polar surface area (TPSA) is 105 Å². The summed E-state index contributed by atoms with van der Waals surface area (Å²) >= 11 is 6.49. The van der Waals surface area contributed by atoms with E-state index in [1.54, 1.807) is 0 Å². The Bertz CT molecular complexity index is 1000. The highest BCUT2D eigenvalue weighted by Crippen LogP contribution is 2.30. The Hall–Kier alpha value is -1.82. The molecule has 0 amide bonds. The first kappa shape index (κ1) is 22.9. The minimum absolute atomic E-state index is 0.0235. The SMILES string of the molecule is Nc1nc(NC2CCN(S(=O)(=O)CCCCl)CC2)sc1C(=O)c1c(F)cccc1F. The highest BCUT2D eigenvalue weighted by atomic mass is 35.5. The third-order valence-corrected chi connectivity index (χ3v) is 7.99. The molecule has 2 aromatic rings. The third kappa shape index (κ3) is 5.08. The molecule has 1 aromatic carbocycles. The van der Waals surface area contributed by atoms with Gasteiger partial charge in [0.2, 0.25) is 15.8 Å². The van der Waals surface area contributed by atoms with E-state index in [1.807, 2.05) is 0 Å². The molecule has 1 aliphatic rings. The molecule has 0 spiro atoms. The zero-order chi connectivity index (χ0) is 21.9. The summed E-state index contributed by atoms with van der Waals surface area (Å²) in [6.45, 7) is 0.713. The van der Waals surface area contributed by atoms with Crippen molar-refractivity contribution in [3.63, 3.8) is 0 Å². The van der Waals surface area contributed by atoms with Gasteiger partial charge in [0, 0.05) is 25.0 Å². The number of anilines is 2. The molecule has 0 aliphatic carbocycles. The minimum atomic E-state index is -3.32. The fourth-order valence-corrected chi connectivity index (χ4v) is 5.94. The standard InChI is InChI=1S/C18H21ClF2N4O3S2/c19-7-2-10-30(27,28)25-8-5-11(6-9-25)23-18-24-17(22)16(29-18)15(26)14-12(20)3-1-4-13(14)21/h1,3-4,11H,2,5-10,22H2,(H,23,24). The van der Waals surface area contributed by atoms with Gasteiger partial charge in [-0.05, 0) is 31.4 Å². The van der Waals surface area contributed by atoms with Gasteiger partial charge in [0.05, 0.1) is 11.3 Å². The molecule has 0 bridgehead atoms. The van der Waals surface area contributed by atoms with Crippen molar-refractivity contribution in [1.82, 2.24) is 9.29 Å². The number of benzene rings is 1. The molecule has 0 unspecified atom stereocenters. The minimum Gasteiger partial charge on any atom is -0.382 e. The molecule has 1 aromatic heterocycles. The summed E-state index contributed by atoms with van der Waals surface area (Å²) in [6.07, 6.45) is 1.50. The highest BCUT2D eigenvalue weighted by molar-refractivity contribution is 7.89. The number of rotatable bonds is 8. The number of nitrogens with zero attached hydrogens (tertiary/aromatic N) is 2. The van der Waals surface area contributed by atoms with Crippen LogP contribution in [0.2, 0.25) is 0 Å². The Kier molecular flexibility index (Phi) is 7.27. The summed E-state index contributed by atoms with van der Waals surface area (Å²) < 4.78 is 53.8. The van der Waals surface area contributed by atoms with Gasteiger partial charge >= 0.3 is 0 Å². The van der Waals surface area contributed by atoms with Crippen molar-refractivity contribution in [3.05, 3.63) is 40.3 Å². The van der Waals surface area contributed by atoms with E-state index in [4.69, 9.17) is 17.3 Å². The maximum absolute atomic E-state index is 13.9. The van der Waals surface area contributed by atoms with E-state index in [9.17, 15) is 22.0 Å². The van der Waals surface area contributed by atoms with Crippen molar-refractivity contribution >= 4 is 49.7 Å². The number of ketones is 1. The van der Waals surface area contributed by atoms with Crippen LogP contribution in [0.5, 0.6) is 0 Å². The van der Waals surface area contributed by atoms with E-state index in [2.05, 4.69) is 10.3 Å². The number of carbonyl (C=O) groups excluding carboxylic acids is 1. The fraction of sp³-hybridized carbons (Fsp3) is 0.444. The van der Waals surface area contributed by atoms with Crippen LogP contribution in [0, 0.1) is 11.6 Å². The number of aromatic nitrogens is 1. The van der Waals surface area contributed by atoms with Crippen molar-refractivity contribution < 1.29 is 22.0 Å². The van der Waals surface area contributed by atoms with Gasteiger partial charge in [-0.1, -0.05) is 17.4 Å². The number of hydrogen-bond acceptors (Lipinski definition) is 7. The second-order valence-corrected chi connectivity index (χ2v) is 10.3. The van der Waals surface area contributed by atoms with Crippen LogP contribution in [0.15, 0.2) is 18.2 Å². The van der Waals surface area contributed by atoms with Crippen LogP contribution in [-0.4, -0.2) is 54.3 Å². The van der Waals surface area contributed by atoms with Crippen LogP contribution in [0.3, 0.4) is 0 Å². The van der Waals surface area contributed by atoms with Gasteiger partial charge in [-0.25, -0.2) is 26.5 Å². The lowest BCUT2D eigenvalue weighted by atomic mass is 10.1. The molecule has 0 atom stereocenters. The maximum atomic E-state index is 13.9. The Balaban J connectivity index is 1.65. The molecule has 12 heteroatoms. The molecular formula is C18H21ClF2N4O3S2. The summed E-state index contributed by atoms with van der Waals surface area (Å²) in [5, 5.41) is 3.48. The van der Waals surface area contributed by atoms with Gasteiger partial charge in [0.15, 0.2) is 5.13 Å². The zero-order valence-corrected chi connectivity index (χ0v) is 18.3. The first-order valence-corrected chi connectivity index (χ1v) is 12.2. The van der Waals surface area contributed by atoms with E-state index in [0.717, 1.165) is 23.5 Å². The van der Waals surface area contributed by atoms with Crippen molar-refractivity contribution in [2.75, 3.05) is 35.8 Å². The van der Waals surface area contributed by atoms with E-state index in [0.29, 0.717) is 43.4 Å². The summed E-state index contributed by atoms with van der Waals surface area (Å²) in [5.41, 5.74) is 5.13. The largest absolute Gasteiger partial charge is 0.382 e. The maximum Gasteiger partial charge on any atom is 0.214 e. The Morgan fingerprint density at radius 1 is 1.30 bits per heavy atom. The number of nitrogens with one attached hydrogen (secondary N) is 1. The van der Waals surface area contributed by atoms with Crippen LogP contribution < -0.4 is 11.1 Å². The summed E-state index contributed by atoms with van der Waals surface area (Å²) in [4.78, 5) is 16.6. The number of alkyl halides is 1. The molecule has 2 heterocycles. The normalized spacial score (nSPS) is 16.0. The highest BCUT2D eigenvalue weighted by Gasteiger charge is 2.29. The number of halogens is 3. The van der Waals surface area contributed by atoms with Crippen molar-refractivity contribution in [1.29, 1.82) is 0 Å². The summed E-state index contributed by atoms with van der Waals surface area (Å²) in [5.74, 6) is -2.60. The van der Waals surface area contributed by atoms with Gasteiger partial charge in [-0.3, -0.25) is 4.79 Å². The quantitative estimate of drug-likeness (QED) is 0.446. The second-order valence-electron chi connectivity index (χ2n) is 6.84. The molecule has 3 N–H and O–H groups in total. The Morgan fingerprint density at radius 3 is 2.53 bits per heavy atom. The molecular weight excluding hydrogens is 458 g/mol. The molecule has 1 fully saturated rings. The monoisotopic (exact) mass is 478 g/mol. The number of nitrogen functional groups attached to an aromatic ring is 1. The van der Waals surface area contributed by atoms with E-state index in [-0.39, 0.29) is 22.5 Å². The average Bonchev–Trinajstić information content (AvgIpc) is 3.06. The third-order valence-electron chi connectivity index (χ3n) is 4.76. The van der Waals surface area contributed by atoms with Crippen LogP contribution in [0.1, 0.15) is 34.5 Å². The number of piperidine rings is 1. The van der Waals surface area contributed by atoms with Gasteiger partial charge in [-0.15, -0.1) is 11.6 Å². The first-order chi connectivity index (χ1) is 14.2. The first-order valence-electron chi connectivity index (χ1n) is 9.28. The lowest BCUT2D eigenvalue weighted by Crippen LogP contribution is -2.43. The van der Waals surface area contributed by atoms with Gasteiger partial charge in [-0.2, -0.15) is 0 Å². The van der Waals surface area contributed by atoms with Crippen LogP contribution in [-0.2, 0) is 10.0 Å². The zero-order valence-electron chi connectivity index (χ0n) is 15.9. The van der Waals surface area contributed by atoms with Crippen LogP contribution >= 0.6 is 22.9 Å². The Labute approximate surface area is 182 Å². The second kappa shape index (κ2) is 9.54. The van der Waals surface area contributed by atoms with Crippen molar-refractivity contribution in [2.45, 2.75) is 25.3 Å². The molecule has 30 heavy (non-hydrogen) atoms. The number of thiazole rings is 1. The van der Waals surface area contributed by atoms with Gasteiger partial charge < -0.3 is 11.1 Å². The van der Waals surface area contributed by atoms with Crippen molar-refractivity contribution in [2.24, 2.45) is 0 Å². The smallest absolute Gasteiger partial charge is 0.214 e. The lowest BCUT2D eigenvalue weighted by Gasteiger charge is -2.31. The van der Waals surface area contributed by atoms with E-state index in [1.165, 1.54) is 10.4 Å². The fourth-order valence-electron chi connectivity index (χ4n) is 3.20. The number of carbonyl (C=O) groups is 1. The lowest BCUT2D eigenvalue weighted by molar-refractivity contribution is 0.103. The van der Waals surface area contributed by atoms with Gasteiger partial charge in [0.25, 0.3) is 0 Å². The molecule has 1 aliphatic heterocycles. The number of sulfonamides is 1. The molecule has 164 valence electrons. The molecule has 7 nitrogen and oxygen atoms in total.